The van der Waals surface area contributed by atoms with Crippen molar-refractivity contribution in [2.24, 2.45) is 5.92 Å². The van der Waals surface area contributed by atoms with Crippen LogP contribution in [0.15, 0.2) is 11.0 Å². The highest BCUT2D eigenvalue weighted by molar-refractivity contribution is 5.94. The number of rotatable bonds is 2. The summed E-state index contributed by atoms with van der Waals surface area (Å²) >= 11 is 0. The molecule has 4 heterocycles. The fourth-order valence-corrected chi connectivity index (χ4v) is 4.48. The quantitative estimate of drug-likeness (QED) is 0.662. The molecule has 0 unspecified atom stereocenters. The fourth-order valence-electron chi connectivity index (χ4n) is 4.48. The molecule has 0 bridgehead atoms. The van der Waals surface area contributed by atoms with E-state index in [1.807, 2.05) is 4.90 Å². The molecule has 4 rings (SSSR count). The molecule has 3 aliphatic heterocycles. The van der Waals surface area contributed by atoms with Crippen LogP contribution >= 0.6 is 0 Å². The third-order valence-electron chi connectivity index (χ3n) is 5.85. The number of H-pyrrole nitrogens is 1. The molecule has 0 aromatic carbocycles. The van der Waals surface area contributed by atoms with Gasteiger partial charge in [0.05, 0.1) is 12.1 Å². The summed E-state index contributed by atoms with van der Waals surface area (Å²) in [5.74, 6) is 0.438. The molecular formula is C19H26N4O6. The summed E-state index contributed by atoms with van der Waals surface area (Å²) in [4.78, 5) is 56.5. The van der Waals surface area contributed by atoms with Crippen molar-refractivity contribution in [3.05, 3.63) is 27.9 Å². The first-order valence-electron chi connectivity index (χ1n) is 9.81. The second-order valence-electron chi connectivity index (χ2n) is 7.45. The van der Waals surface area contributed by atoms with Crippen LogP contribution in [0.5, 0.6) is 0 Å². The zero-order valence-corrected chi connectivity index (χ0v) is 16.4. The maximum atomic E-state index is 12.9. The van der Waals surface area contributed by atoms with Crippen molar-refractivity contribution in [2.75, 3.05) is 26.3 Å². The Morgan fingerprint density at radius 3 is 2.38 bits per heavy atom. The number of hydrogen-bond donors (Lipinski definition) is 2. The van der Waals surface area contributed by atoms with Crippen molar-refractivity contribution in [3.8, 4) is 0 Å². The van der Waals surface area contributed by atoms with Gasteiger partial charge in [0, 0.05) is 38.4 Å². The number of nitrogens with zero attached hydrogens (tertiary/aromatic N) is 3. The Bertz CT molecular complexity index is 819. The molecule has 0 saturated carbocycles. The Kier molecular flexibility index (Phi) is 6.63. The van der Waals surface area contributed by atoms with Crippen LogP contribution in [0.1, 0.15) is 41.9 Å². The van der Waals surface area contributed by atoms with Crippen LogP contribution in [0.3, 0.4) is 0 Å². The van der Waals surface area contributed by atoms with Gasteiger partial charge in [-0.1, -0.05) is 0 Å². The van der Waals surface area contributed by atoms with Crippen molar-refractivity contribution in [1.82, 2.24) is 19.8 Å². The fraction of sp³-hybridized carbons (Fsp3) is 0.632. The summed E-state index contributed by atoms with van der Waals surface area (Å²) in [5.41, 5.74) is -0.329. The third kappa shape index (κ3) is 4.31. The zero-order chi connectivity index (χ0) is 21.0. The number of ether oxygens (including phenoxy) is 1. The van der Waals surface area contributed by atoms with Crippen LogP contribution in [0.4, 0.5) is 0 Å². The number of carbonyl (C=O) groups is 3. The number of hydrogen-bond acceptors (Lipinski definition) is 6. The summed E-state index contributed by atoms with van der Waals surface area (Å²) in [5, 5.41) is 6.89. The lowest BCUT2D eigenvalue weighted by Gasteiger charge is -2.30. The van der Waals surface area contributed by atoms with Gasteiger partial charge < -0.3 is 24.6 Å². The highest BCUT2D eigenvalue weighted by atomic mass is 16.5. The molecule has 29 heavy (non-hydrogen) atoms. The molecule has 10 nitrogen and oxygen atoms in total. The number of aromatic nitrogens is 2. The molecule has 10 heteroatoms. The van der Waals surface area contributed by atoms with E-state index in [9.17, 15) is 14.4 Å². The van der Waals surface area contributed by atoms with E-state index >= 15 is 0 Å². The lowest BCUT2D eigenvalue weighted by molar-refractivity contribution is -0.139. The van der Waals surface area contributed by atoms with Crippen LogP contribution in [0.2, 0.25) is 0 Å². The van der Waals surface area contributed by atoms with E-state index in [1.54, 1.807) is 11.8 Å². The molecule has 0 aliphatic carbocycles. The number of carboxylic acid groups (broad SMARTS) is 1. The van der Waals surface area contributed by atoms with Gasteiger partial charge in [0.15, 0.2) is 0 Å². The normalized spacial score (nSPS) is 23.9. The summed E-state index contributed by atoms with van der Waals surface area (Å²) in [6.45, 7) is 3.97. The number of carbonyl (C=O) groups excluding carboxylic acids is 2. The Hall–Kier alpha value is -2.75. The van der Waals surface area contributed by atoms with E-state index in [1.165, 1.54) is 6.20 Å². The van der Waals surface area contributed by atoms with E-state index in [2.05, 4.69) is 9.97 Å². The molecule has 2 atom stereocenters. The zero-order valence-electron chi connectivity index (χ0n) is 16.4. The van der Waals surface area contributed by atoms with E-state index in [0.29, 0.717) is 32.1 Å². The Morgan fingerprint density at radius 2 is 1.76 bits per heavy atom. The monoisotopic (exact) mass is 406 g/mol. The van der Waals surface area contributed by atoms with E-state index in [0.717, 1.165) is 25.7 Å². The first kappa shape index (κ1) is 21.0. The molecule has 158 valence electrons. The average molecular weight is 406 g/mol. The lowest BCUT2D eigenvalue weighted by Crippen LogP contribution is -2.45. The predicted octanol–water partition coefficient (Wildman–Crippen LogP) is 0.0211. The number of aryl methyl sites for hydroxylation is 1. The largest absolute Gasteiger partial charge is 0.483 e. The molecule has 3 aliphatic rings. The molecule has 3 fully saturated rings. The van der Waals surface area contributed by atoms with E-state index in [-0.39, 0.29) is 41.9 Å². The second kappa shape index (κ2) is 9.17. The first-order chi connectivity index (χ1) is 14.0. The Labute approximate surface area is 167 Å². The van der Waals surface area contributed by atoms with Crippen molar-refractivity contribution < 1.29 is 24.2 Å². The highest BCUT2D eigenvalue weighted by Crippen LogP contribution is 2.34. The van der Waals surface area contributed by atoms with E-state index < -0.39 is 5.56 Å². The van der Waals surface area contributed by atoms with Gasteiger partial charge >= 0.3 is 0 Å². The molecule has 3 saturated heterocycles. The van der Waals surface area contributed by atoms with Crippen molar-refractivity contribution >= 4 is 18.3 Å². The molecule has 2 amide bonds. The molecule has 1 aromatic heterocycles. The van der Waals surface area contributed by atoms with E-state index in [4.69, 9.17) is 14.6 Å². The molecule has 1 aromatic rings. The molecule has 0 spiro atoms. The molecule has 2 N–H and O–H groups in total. The van der Waals surface area contributed by atoms with Crippen molar-refractivity contribution in [3.63, 3.8) is 0 Å². The van der Waals surface area contributed by atoms with Gasteiger partial charge in [0.1, 0.15) is 11.4 Å². The Balaban J connectivity index is 0.000000755. The van der Waals surface area contributed by atoms with Gasteiger partial charge in [0.2, 0.25) is 5.91 Å². The minimum Gasteiger partial charge on any atom is -0.483 e. The van der Waals surface area contributed by atoms with Crippen LogP contribution in [-0.4, -0.2) is 81.5 Å². The summed E-state index contributed by atoms with van der Waals surface area (Å²) in [6, 6.07) is 0.0544. The van der Waals surface area contributed by atoms with Gasteiger partial charge in [-0.15, -0.1) is 0 Å². The number of aromatic amines is 1. The van der Waals surface area contributed by atoms with Gasteiger partial charge in [0.25, 0.3) is 17.9 Å². The predicted molar refractivity (Wildman–Crippen MR) is 101 cm³/mol. The number of nitrogens with one attached hydrogen (secondary N) is 1. The summed E-state index contributed by atoms with van der Waals surface area (Å²) < 4.78 is 5.35. The second-order valence-corrected chi connectivity index (χ2v) is 7.45. The van der Waals surface area contributed by atoms with Gasteiger partial charge in [-0.2, -0.15) is 0 Å². The average Bonchev–Trinajstić information content (AvgIpc) is 3.30. The van der Waals surface area contributed by atoms with Crippen molar-refractivity contribution in [2.45, 2.75) is 44.7 Å². The third-order valence-corrected chi connectivity index (χ3v) is 5.85. The van der Waals surface area contributed by atoms with Crippen LogP contribution in [0.25, 0.3) is 0 Å². The molecule has 0 radical (unpaired) electrons. The topological polar surface area (TPSA) is 133 Å². The highest BCUT2D eigenvalue weighted by Gasteiger charge is 2.47. The van der Waals surface area contributed by atoms with Gasteiger partial charge in [-0.05, 0) is 32.6 Å². The van der Waals surface area contributed by atoms with Crippen molar-refractivity contribution in [1.29, 1.82) is 0 Å². The minimum absolute atomic E-state index is 0.00741. The smallest absolute Gasteiger partial charge is 0.290 e. The Morgan fingerprint density at radius 1 is 1.17 bits per heavy atom. The van der Waals surface area contributed by atoms with Gasteiger partial charge in [-0.3, -0.25) is 19.2 Å². The maximum absolute atomic E-state index is 12.9. The summed E-state index contributed by atoms with van der Waals surface area (Å²) in [6.07, 6.45) is 4.44. The van der Waals surface area contributed by atoms with Crippen LogP contribution in [0, 0.1) is 12.8 Å². The lowest BCUT2D eigenvalue weighted by atomic mass is 9.98. The first-order valence-corrected chi connectivity index (χ1v) is 9.81. The number of amides is 2. The van der Waals surface area contributed by atoms with Crippen LogP contribution < -0.4 is 5.56 Å². The van der Waals surface area contributed by atoms with Gasteiger partial charge in [-0.25, -0.2) is 4.98 Å². The SMILES string of the molecule is Cc1ncc(C(=O)N2CC[C@H]3[C@@H]2CCN3C(=O)C2CCOCC2)c(=O)[nH]1.O=CO. The minimum atomic E-state index is -0.404. The standard InChI is InChI=1S/C18H24N4O4.CH2O2/c1-11-19-10-13(16(23)20-11)18(25)22-7-3-14-15(22)2-6-21(14)17(24)12-4-8-26-9-5-12;2-1-3/h10,12,14-15H,2-9H2,1H3,(H,19,20,23);1H,(H,2,3)/t14-,15-;/m0./s1. The number of fused-ring (bicyclic) bond motifs is 1. The number of likely N-dealkylation sites (tertiary alicyclic amines) is 2. The maximum Gasteiger partial charge on any atom is 0.290 e. The summed E-state index contributed by atoms with van der Waals surface area (Å²) in [7, 11) is 0. The molecular weight excluding hydrogens is 380 g/mol. The van der Waals surface area contributed by atoms with Crippen LogP contribution in [-0.2, 0) is 14.3 Å².